The molecule has 0 unspecified atom stereocenters. The van der Waals surface area contributed by atoms with Gasteiger partial charge in [-0.2, -0.15) is 12.6 Å². The maximum absolute atomic E-state index is 11.8. The van der Waals surface area contributed by atoms with Gasteiger partial charge in [0.2, 0.25) is 11.8 Å². The minimum atomic E-state index is -0.00409. The van der Waals surface area contributed by atoms with Crippen molar-refractivity contribution in [2.24, 2.45) is 5.73 Å². The largest absolute Gasteiger partial charge is 0.378 e. The molecular formula is C17H36N4O4S. The summed E-state index contributed by atoms with van der Waals surface area (Å²) in [5.74, 6) is 0.649. The van der Waals surface area contributed by atoms with Crippen LogP contribution in [0.5, 0.6) is 0 Å². The summed E-state index contributed by atoms with van der Waals surface area (Å²) in [6, 6.07) is 0. The lowest BCUT2D eigenvalue weighted by Crippen LogP contribution is -2.36. The van der Waals surface area contributed by atoms with E-state index in [4.69, 9.17) is 15.2 Å². The van der Waals surface area contributed by atoms with E-state index in [0.717, 1.165) is 6.42 Å². The lowest BCUT2D eigenvalue weighted by Gasteiger charge is -2.22. The minimum Gasteiger partial charge on any atom is -0.378 e. The second-order valence-electron chi connectivity index (χ2n) is 5.78. The Kier molecular flexibility index (Phi) is 18.3. The van der Waals surface area contributed by atoms with E-state index in [-0.39, 0.29) is 11.8 Å². The Hall–Kier alpha value is -0.870. The summed E-state index contributed by atoms with van der Waals surface area (Å²) < 4.78 is 10.8. The third-order valence-corrected chi connectivity index (χ3v) is 3.73. The molecular weight excluding hydrogens is 356 g/mol. The first-order valence-corrected chi connectivity index (χ1v) is 9.99. The molecule has 0 aromatic rings. The van der Waals surface area contributed by atoms with Crippen molar-refractivity contribution in [2.75, 3.05) is 71.4 Å². The molecule has 0 aliphatic carbocycles. The maximum Gasteiger partial charge on any atom is 0.221 e. The Morgan fingerprint density at radius 1 is 0.923 bits per heavy atom. The second kappa shape index (κ2) is 18.9. The Morgan fingerprint density at radius 2 is 1.50 bits per heavy atom. The first-order chi connectivity index (χ1) is 12.6. The van der Waals surface area contributed by atoms with Crippen LogP contribution in [0.3, 0.4) is 0 Å². The van der Waals surface area contributed by atoms with Gasteiger partial charge in [0.1, 0.15) is 0 Å². The van der Waals surface area contributed by atoms with Crippen LogP contribution in [0.2, 0.25) is 0 Å². The maximum atomic E-state index is 11.8. The SMILES string of the molecule is CCCNC(=O)CCN(CCOCCOCCN)CCC(=O)NCCS. The fraction of sp³-hybridized carbons (Fsp3) is 0.882. The molecule has 26 heavy (non-hydrogen) atoms. The number of nitrogens with one attached hydrogen (secondary N) is 2. The summed E-state index contributed by atoms with van der Waals surface area (Å²) in [6.45, 7) is 7.71. The molecule has 0 aliphatic rings. The number of nitrogens with two attached hydrogens (primary N) is 1. The Bertz CT molecular complexity index is 338. The molecule has 0 spiro atoms. The van der Waals surface area contributed by atoms with E-state index in [2.05, 4.69) is 28.2 Å². The van der Waals surface area contributed by atoms with Crippen molar-refractivity contribution < 1.29 is 19.1 Å². The van der Waals surface area contributed by atoms with Crippen LogP contribution in [0, 0.1) is 0 Å². The van der Waals surface area contributed by atoms with Crippen molar-refractivity contribution in [3.8, 4) is 0 Å². The second-order valence-corrected chi connectivity index (χ2v) is 6.23. The summed E-state index contributed by atoms with van der Waals surface area (Å²) in [5.41, 5.74) is 5.34. The zero-order chi connectivity index (χ0) is 19.5. The van der Waals surface area contributed by atoms with Crippen molar-refractivity contribution in [1.82, 2.24) is 15.5 Å². The van der Waals surface area contributed by atoms with Gasteiger partial charge in [-0.05, 0) is 6.42 Å². The monoisotopic (exact) mass is 392 g/mol. The van der Waals surface area contributed by atoms with Crippen LogP contribution >= 0.6 is 12.6 Å². The van der Waals surface area contributed by atoms with E-state index in [0.29, 0.717) is 84.3 Å². The summed E-state index contributed by atoms with van der Waals surface area (Å²) in [7, 11) is 0. The van der Waals surface area contributed by atoms with E-state index < -0.39 is 0 Å². The average Bonchev–Trinajstić information content (AvgIpc) is 2.65. The molecule has 154 valence electrons. The number of carbonyl (C=O) groups excluding carboxylic acids is 2. The van der Waals surface area contributed by atoms with Gasteiger partial charge in [0.25, 0.3) is 0 Å². The zero-order valence-corrected chi connectivity index (χ0v) is 16.9. The highest BCUT2D eigenvalue weighted by Gasteiger charge is 2.10. The molecule has 4 N–H and O–H groups in total. The molecule has 0 radical (unpaired) electrons. The van der Waals surface area contributed by atoms with Gasteiger partial charge >= 0.3 is 0 Å². The van der Waals surface area contributed by atoms with E-state index in [1.807, 2.05) is 6.92 Å². The number of hydrogen-bond donors (Lipinski definition) is 4. The quantitative estimate of drug-likeness (QED) is 0.187. The number of amides is 2. The van der Waals surface area contributed by atoms with Crippen molar-refractivity contribution in [3.05, 3.63) is 0 Å². The first kappa shape index (κ1) is 25.1. The molecule has 9 heteroatoms. The van der Waals surface area contributed by atoms with E-state index in [1.54, 1.807) is 0 Å². The number of carbonyl (C=O) groups is 2. The van der Waals surface area contributed by atoms with Gasteiger partial charge in [0.05, 0.1) is 26.4 Å². The summed E-state index contributed by atoms with van der Waals surface area (Å²) >= 11 is 4.07. The molecule has 0 saturated carbocycles. The van der Waals surface area contributed by atoms with Crippen molar-refractivity contribution >= 4 is 24.4 Å². The highest BCUT2D eigenvalue weighted by atomic mass is 32.1. The van der Waals surface area contributed by atoms with Gasteiger partial charge in [-0.25, -0.2) is 0 Å². The van der Waals surface area contributed by atoms with Gasteiger partial charge in [0, 0.05) is 57.9 Å². The fourth-order valence-corrected chi connectivity index (χ4v) is 2.20. The normalized spacial score (nSPS) is 10.9. The molecule has 0 rings (SSSR count). The predicted molar refractivity (Wildman–Crippen MR) is 107 cm³/mol. The molecule has 0 aromatic carbocycles. The lowest BCUT2D eigenvalue weighted by atomic mass is 10.3. The number of hydrogen-bond acceptors (Lipinski definition) is 7. The number of ether oxygens (including phenoxy) is 2. The molecule has 0 bridgehead atoms. The molecule has 0 aliphatic heterocycles. The Labute approximate surface area is 162 Å². The predicted octanol–water partition coefficient (Wildman–Crippen LogP) is -0.367. The van der Waals surface area contributed by atoms with Crippen LogP contribution in [0.4, 0.5) is 0 Å². The van der Waals surface area contributed by atoms with Crippen LogP contribution in [0.15, 0.2) is 0 Å². The molecule has 0 atom stereocenters. The van der Waals surface area contributed by atoms with E-state index >= 15 is 0 Å². The van der Waals surface area contributed by atoms with Crippen molar-refractivity contribution in [3.63, 3.8) is 0 Å². The number of rotatable bonds is 18. The third-order valence-electron chi connectivity index (χ3n) is 3.50. The van der Waals surface area contributed by atoms with Gasteiger partial charge in [0.15, 0.2) is 0 Å². The number of thiol groups is 1. The molecule has 0 aromatic heterocycles. The standard InChI is InChI=1S/C17H36N4O4S/c1-2-6-19-16(22)3-8-21(9-4-17(23)20-7-15-26)10-12-25-14-13-24-11-5-18/h26H,2-15,18H2,1H3,(H,19,22)(H,20,23). The van der Waals surface area contributed by atoms with Crippen LogP contribution in [-0.4, -0.2) is 88.2 Å². The van der Waals surface area contributed by atoms with Gasteiger partial charge in [-0.15, -0.1) is 0 Å². The first-order valence-electron chi connectivity index (χ1n) is 9.36. The van der Waals surface area contributed by atoms with Gasteiger partial charge in [-0.1, -0.05) is 6.92 Å². The average molecular weight is 393 g/mol. The van der Waals surface area contributed by atoms with Crippen LogP contribution in [-0.2, 0) is 19.1 Å². The molecule has 2 amide bonds. The summed E-state index contributed by atoms with van der Waals surface area (Å²) in [4.78, 5) is 25.6. The Morgan fingerprint density at radius 3 is 2.04 bits per heavy atom. The topological polar surface area (TPSA) is 106 Å². The van der Waals surface area contributed by atoms with Crippen molar-refractivity contribution in [2.45, 2.75) is 26.2 Å². The molecule has 8 nitrogen and oxygen atoms in total. The molecule has 0 saturated heterocycles. The summed E-state index contributed by atoms with van der Waals surface area (Å²) in [6.07, 6.45) is 1.72. The van der Waals surface area contributed by atoms with E-state index in [1.165, 1.54) is 0 Å². The third kappa shape index (κ3) is 16.6. The Balaban J connectivity index is 4.09. The number of nitrogens with zero attached hydrogens (tertiary/aromatic N) is 1. The van der Waals surface area contributed by atoms with Gasteiger partial charge < -0.3 is 30.7 Å². The highest BCUT2D eigenvalue weighted by Crippen LogP contribution is 1.96. The lowest BCUT2D eigenvalue weighted by molar-refractivity contribution is -0.121. The van der Waals surface area contributed by atoms with Crippen LogP contribution in [0.1, 0.15) is 26.2 Å². The summed E-state index contributed by atoms with van der Waals surface area (Å²) in [5, 5.41) is 5.66. The molecule has 0 fully saturated rings. The van der Waals surface area contributed by atoms with Crippen LogP contribution < -0.4 is 16.4 Å². The zero-order valence-electron chi connectivity index (χ0n) is 16.0. The van der Waals surface area contributed by atoms with Crippen molar-refractivity contribution in [1.29, 1.82) is 0 Å². The highest BCUT2D eigenvalue weighted by molar-refractivity contribution is 7.80. The fourth-order valence-electron chi connectivity index (χ4n) is 2.09. The van der Waals surface area contributed by atoms with Crippen LogP contribution in [0.25, 0.3) is 0 Å². The minimum absolute atomic E-state index is 0.00409. The molecule has 0 heterocycles. The smallest absolute Gasteiger partial charge is 0.221 e. The van der Waals surface area contributed by atoms with E-state index in [9.17, 15) is 9.59 Å². The van der Waals surface area contributed by atoms with Gasteiger partial charge in [-0.3, -0.25) is 9.59 Å².